The van der Waals surface area contributed by atoms with Crippen LogP contribution in [0.4, 0.5) is 39.8 Å². The smallest absolute Gasteiger partial charge is 0.173 e. The van der Waals surface area contributed by atoms with Gasteiger partial charge >= 0.3 is 0 Å². The highest BCUT2D eigenvalue weighted by atomic mass is 16.3. The molecule has 0 aliphatic heterocycles. The van der Waals surface area contributed by atoms with Gasteiger partial charge in [0.25, 0.3) is 0 Å². The third kappa shape index (κ3) is 5.46. The Morgan fingerprint density at radius 3 is 1.44 bits per heavy atom. The zero-order valence-corrected chi connectivity index (χ0v) is 18.4. The number of nitrogens with zero attached hydrogens (tertiary/aromatic N) is 10. The van der Waals surface area contributed by atoms with Crippen LogP contribution in [-0.4, -0.2) is 34.2 Å². The highest BCUT2D eigenvalue weighted by molar-refractivity contribution is 5.88. The summed E-state index contributed by atoms with van der Waals surface area (Å²) in [5.74, 6) is -0.192. The van der Waals surface area contributed by atoms with Gasteiger partial charge in [-0.05, 0) is 42.5 Å². The van der Waals surface area contributed by atoms with Gasteiger partial charge in [-0.2, -0.15) is 15.3 Å². The fourth-order valence-corrected chi connectivity index (χ4v) is 2.87. The van der Waals surface area contributed by atoms with Crippen LogP contribution in [0.2, 0.25) is 0 Å². The number of azo groups is 3. The minimum Gasteiger partial charge on any atom is -0.504 e. The Labute approximate surface area is 195 Å². The molecule has 11 heteroatoms. The molecule has 4 aromatic rings. The molecule has 34 heavy (non-hydrogen) atoms. The van der Waals surface area contributed by atoms with Crippen molar-refractivity contribution < 1.29 is 5.11 Å². The first-order valence-corrected chi connectivity index (χ1v) is 10.1. The number of aromatic nitrogens is 3. The lowest BCUT2D eigenvalue weighted by molar-refractivity contribution is 0.477. The molecule has 0 atom stereocenters. The fourth-order valence-electron chi connectivity index (χ4n) is 2.87. The zero-order valence-electron chi connectivity index (χ0n) is 18.4. The van der Waals surface area contributed by atoms with Gasteiger partial charge in [0.2, 0.25) is 0 Å². The Morgan fingerprint density at radius 1 is 0.588 bits per heavy atom. The molecular formula is C23H20N10O. The summed E-state index contributed by atoms with van der Waals surface area (Å²) in [5.41, 5.74) is 3.04. The second kappa shape index (κ2) is 10.6. The van der Waals surface area contributed by atoms with Crippen molar-refractivity contribution in [3.63, 3.8) is 0 Å². The topological polar surface area (TPSA) is 136 Å². The number of aromatic hydroxyl groups is 1. The van der Waals surface area contributed by atoms with Crippen LogP contribution in [0.25, 0.3) is 0 Å². The molecule has 1 N–H and O–H groups in total. The number of anilines is 1. The summed E-state index contributed by atoms with van der Waals surface area (Å²) in [6.45, 7) is 0. The second-order valence-corrected chi connectivity index (χ2v) is 7.07. The molecule has 1 aromatic carbocycles. The van der Waals surface area contributed by atoms with E-state index in [1.807, 2.05) is 14.1 Å². The van der Waals surface area contributed by atoms with Crippen molar-refractivity contribution in [2.24, 2.45) is 30.7 Å². The van der Waals surface area contributed by atoms with Crippen molar-refractivity contribution in [3.05, 3.63) is 79.6 Å². The molecular weight excluding hydrogens is 432 g/mol. The van der Waals surface area contributed by atoms with E-state index in [2.05, 4.69) is 45.6 Å². The maximum atomic E-state index is 11.0. The average Bonchev–Trinajstić information content (AvgIpc) is 2.87. The second-order valence-electron chi connectivity index (χ2n) is 7.07. The molecule has 0 bridgehead atoms. The summed E-state index contributed by atoms with van der Waals surface area (Å²) in [6.07, 6.45) is 9.67. The molecule has 0 aliphatic carbocycles. The first kappa shape index (κ1) is 22.3. The average molecular weight is 452 g/mol. The van der Waals surface area contributed by atoms with E-state index in [0.717, 1.165) is 0 Å². The first-order valence-electron chi connectivity index (χ1n) is 10.1. The van der Waals surface area contributed by atoms with Crippen LogP contribution in [0, 0.1) is 0 Å². The fraction of sp³-hybridized carbons (Fsp3) is 0.0870. The van der Waals surface area contributed by atoms with Crippen LogP contribution in [0.5, 0.6) is 5.75 Å². The van der Waals surface area contributed by atoms with E-state index >= 15 is 0 Å². The monoisotopic (exact) mass is 452 g/mol. The molecule has 3 aromatic heterocycles. The van der Waals surface area contributed by atoms with E-state index in [1.54, 1.807) is 84.5 Å². The summed E-state index contributed by atoms with van der Waals surface area (Å²) >= 11 is 0. The number of benzene rings is 1. The quantitative estimate of drug-likeness (QED) is 0.304. The Balaban J connectivity index is 1.85. The van der Waals surface area contributed by atoms with E-state index in [0.29, 0.717) is 28.4 Å². The van der Waals surface area contributed by atoms with Gasteiger partial charge < -0.3 is 10.0 Å². The predicted octanol–water partition coefficient (Wildman–Crippen LogP) is 6.89. The van der Waals surface area contributed by atoms with E-state index in [4.69, 9.17) is 0 Å². The Bertz CT molecular complexity index is 1320. The van der Waals surface area contributed by atoms with E-state index in [-0.39, 0.29) is 17.1 Å². The maximum absolute atomic E-state index is 11.0. The molecule has 0 saturated heterocycles. The van der Waals surface area contributed by atoms with Crippen LogP contribution in [-0.2, 0) is 0 Å². The molecule has 168 valence electrons. The number of rotatable bonds is 7. The van der Waals surface area contributed by atoms with Crippen molar-refractivity contribution in [2.45, 2.75) is 0 Å². The molecule has 11 nitrogen and oxygen atoms in total. The Morgan fingerprint density at radius 2 is 1.00 bits per heavy atom. The van der Waals surface area contributed by atoms with Crippen molar-refractivity contribution in [1.29, 1.82) is 0 Å². The lowest BCUT2D eigenvalue weighted by Crippen LogP contribution is -2.09. The molecule has 4 rings (SSSR count). The van der Waals surface area contributed by atoms with E-state index < -0.39 is 0 Å². The Hall–Kier alpha value is -4.93. The number of phenols is 1. The number of phenolic OH excluding ortho intramolecular Hbond substituents is 1. The summed E-state index contributed by atoms with van der Waals surface area (Å²) < 4.78 is 0. The third-order valence-corrected chi connectivity index (χ3v) is 4.45. The molecule has 0 amide bonds. The van der Waals surface area contributed by atoms with Crippen LogP contribution in [0.3, 0.4) is 0 Å². The van der Waals surface area contributed by atoms with Crippen molar-refractivity contribution >= 4 is 39.8 Å². The van der Waals surface area contributed by atoms with Crippen LogP contribution in [0.1, 0.15) is 0 Å². The predicted molar refractivity (Wildman–Crippen MR) is 128 cm³/mol. The molecule has 0 spiro atoms. The standard InChI is InChI=1S/C23H20N10O/c1-33(2)22-19(30-27-16-3-9-24-10-4-16)15-20(31-28-17-5-11-25-12-6-17)23(34)21(22)32-29-18-7-13-26-14-8-18/h3-15,34H,1-2H3. The highest BCUT2D eigenvalue weighted by Crippen LogP contribution is 2.50. The van der Waals surface area contributed by atoms with Gasteiger partial charge in [0.05, 0.1) is 22.7 Å². The van der Waals surface area contributed by atoms with Gasteiger partial charge in [0.1, 0.15) is 11.4 Å². The summed E-state index contributed by atoms with van der Waals surface area (Å²) in [6, 6.07) is 11.8. The normalized spacial score (nSPS) is 11.6. The van der Waals surface area contributed by atoms with Gasteiger partial charge in [-0.15, -0.1) is 15.3 Å². The van der Waals surface area contributed by atoms with Gasteiger partial charge in [-0.3, -0.25) is 15.0 Å². The Kier molecular flexibility index (Phi) is 6.94. The van der Waals surface area contributed by atoms with Gasteiger partial charge in [0.15, 0.2) is 11.4 Å². The number of hydrogen-bond acceptors (Lipinski definition) is 11. The van der Waals surface area contributed by atoms with Gasteiger partial charge in [-0.25, -0.2) is 0 Å². The van der Waals surface area contributed by atoms with Crippen LogP contribution in [0.15, 0.2) is 110 Å². The summed E-state index contributed by atoms with van der Waals surface area (Å²) in [5, 5.41) is 36.7. The lowest BCUT2D eigenvalue weighted by Gasteiger charge is -2.18. The minimum absolute atomic E-state index is 0.162. The van der Waals surface area contributed by atoms with Gasteiger partial charge in [0, 0.05) is 51.3 Å². The SMILES string of the molecule is CN(C)c1c(N=Nc2ccncc2)cc(N=Nc2ccncc2)c(O)c1N=Nc1ccncc1. The summed E-state index contributed by atoms with van der Waals surface area (Å²) in [7, 11) is 3.62. The zero-order chi connectivity index (χ0) is 23.8. The third-order valence-electron chi connectivity index (χ3n) is 4.45. The van der Waals surface area contributed by atoms with Crippen LogP contribution >= 0.6 is 0 Å². The van der Waals surface area contributed by atoms with Gasteiger partial charge in [-0.1, -0.05) is 0 Å². The maximum Gasteiger partial charge on any atom is 0.173 e. The largest absolute Gasteiger partial charge is 0.504 e. The molecule has 0 aliphatic rings. The number of pyridine rings is 3. The molecule has 0 radical (unpaired) electrons. The number of hydrogen-bond donors (Lipinski definition) is 1. The van der Waals surface area contributed by atoms with Crippen molar-refractivity contribution in [2.75, 3.05) is 19.0 Å². The van der Waals surface area contributed by atoms with Crippen LogP contribution < -0.4 is 4.90 Å². The van der Waals surface area contributed by atoms with Crippen molar-refractivity contribution in [1.82, 2.24) is 15.0 Å². The summed E-state index contributed by atoms with van der Waals surface area (Å²) in [4.78, 5) is 13.7. The van der Waals surface area contributed by atoms with E-state index in [9.17, 15) is 5.11 Å². The lowest BCUT2D eigenvalue weighted by atomic mass is 10.1. The minimum atomic E-state index is -0.192. The molecule has 0 unspecified atom stereocenters. The van der Waals surface area contributed by atoms with E-state index in [1.165, 1.54) is 0 Å². The van der Waals surface area contributed by atoms with Crippen molar-refractivity contribution in [3.8, 4) is 5.75 Å². The molecule has 0 fully saturated rings. The molecule has 0 saturated carbocycles. The molecule has 3 heterocycles. The first-order chi connectivity index (χ1) is 16.6. The highest BCUT2D eigenvalue weighted by Gasteiger charge is 2.20.